The Kier molecular flexibility index (Phi) is 13.8. The second-order valence-corrected chi connectivity index (χ2v) is 13.1. The highest BCUT2D eigenvalue weighted by atomic mass is 35.5. The Morgan fingerprint density at radius 3 is 1.46 bits per heavy atom. The molecule has 1 fully saturated rings. The standard InChI is InChI=1S/C39H52ClF/c1-2-3-4-5-6-7-8-9-31-10-12-32(13-11-31)14-15-33-16-18-34(19-17-33)20-21-35-22-24-36(25-23-35)26-27-37-28-29-38(40)39(41)30-37/h10-13,22-25,28-30,33-34H,2-9,14-21,26-27H2,1H3/t33-,34-. The quantitative estimate of drug-likeness (QED) is 0.141. The monoisotopic (exact) mass is 574 g/mol. The van der Waals surface area contributed by atoms with E-state index < -0.39 is 0 Å². The van der Waals surface area contributed by atoms with Gasteiger partial charge in [0.05, 0.1) is 5.02 Å². The predicted octanol–water partition coefficient (Wildman–Crippen LogP) is 11.9. The van der Waals surface area contributed by atoms with Crippen LogP contribution in [0, 0.1) is 17.7 Å². The van der Waals surface area contributed by atoms with E-state index in [1.807, 2.05) is 6.07 Å². The molecule has 0 N–H and O–H groups in total. The molecule has 0 amide bonds. The number of halogens is 2. The lowest BCUT2D eigenvalue weighted by molar-refractivity contribution is 0.253. The molecule has 0 radical (unpaired) electrons. The van der Waals surface area contributed by atoms with Gasteiger partial charge in [0, 0.05) is 0 Å². The average Bonchev–Trinajstić information content (AvgIpc) is 3.01. The largest absolute Gasteiger partial charge is 0.205 e. The first kappa shape index (κ1) is 31.8. The zero-order valence-corrected chi connectivity index (χ0v) is 26.2. The van der Waals surface area contributed by atoms with Gasteiger partial charge in [-0.3, -0.25) is 0 Å². The first-order valence-corrected chi connectivity index (χ1v) is 17.1. The summed E-state index contributed by atoms with van der Waals surface area (Å²) in [6, 6.07) is 23.8. The summed E-state index contributed by atoms with van der Waals surface area (Å²) in [5.74, 6) is 1.47. The predicted molar refractivity (Wildman–Crippen MR) is 175 cm³/mol. The Labute approximate surface area is 255 Å². The van der Waals surface area contributed by atoms with E-state index in [2.05, 4.69) is 55.5 Å². The Morgan fingerprint density at radius 2 is 0.951 bits per heavy atom. The number of unbranched alkanes of at least 4 members (excludes halogenated alkanes) is 6. The van der Waals surface area contributed by atoms with E-state index in [1.165, 1.54) is 125 Å². The number of hydrogen-bond acceptors (Lipinski definition) is 0. The molecule has 3 aromatic rings. The third-order valence-corrected chi connectivity index (χ3v) is 9.76. The number of benzene rings is 3. The summed E-state index contributed by atoms with van der Waals surface area (Å²) in [5, 5.41) is 0.196. The van der Waals surface area contributed by atoms with Crippen LogP contribution in [0.25, 0.3) is 0 Å². The van der Waals surface area contributed by atoms with Crippen molar-refractivity contribution < 1.29 is 4.39 Å². The highest BCUT2D eigenvalue weighted by Gasteiger charge is 2.21. The van der Waals surface area contributed by atoms with Crippen LogP contribution in [0.5, 0.6) is 0 Å². The van der Waals surface area contributed by atoms with Gasteiger partial charge in [-0.15, -0.1) is 0 Å². The zero-order valence-electron chi connectivity index (χ0n) is 25.5. The molecule has 0 aromatic heterocycles. The summed E-state index contributed by atoms with van der Waals surface area (Å²) in [6.45, 7) is 2.29. The summed E-state index contributed by atoms with van der Waals surface area (Å²) >= 11 is 5.80. The third kappa shape index (κ3) is 11.6. The van der Waals surface area contributed by atoms with Crippen molar-refractivity contribution in [2.24, 2.45) is 11.8 Å². The molecular formula is C39H52ClF. The van der Waals surface area contributed by atoms with Crippen molar-refractivity contribution in [3.8, 4) is 0 Å². The molecule has 222 valence electrons. The van der Waals surface area contributed by atoms with Crippen LogP contribution in [0.3, 0.4) is 0 Å². The molecule has 0 aliphatic heterocycles. The van der Waals surface area contributed by atoms with Crippen molar-refractivity contribution in [3.63, 3.8) is 0 Å². The normalized spacial score (nSPS) is 17.1. The Bertz CT molecular complexity index is 1130. The summed E-state index contributed by atoms with van der Waals surface area (Å²) in [6.07, 6.45) is 23.4. The molecule has 0 heterocycles. The van der Waals surface area contributed by atoms with Crippen LogP contribution in [-0.4, -0.2) is 0 Å². The smallest absolute Gasteiger partial charge is 0.142 e. The molecule has 1 aliphatic rings. The van der Waals surface area contributed by atoms with Crippen molar-refractivity contribution >= 4 is 11.6 Å². The second-order valence-electron chi connectivity index (χ2n) is 12.7. The molecule has 0 saturated heterocycles. The van der Waals surface area contributed by atoms with Crippen LogP contribution in [0.4, 0.5) is 4.39 Å². The van der Waals surface area contributed by atoms with Crippen molar-refractivity contribution in [2.75, 3.05) is 0 Å². The van der Waals surface area contributed by atoms with E-state index in [4.69, 9.17) is 11.6 Å². The average molecular weight is 575 g/mol. The molecule has 1 saturated carbocycles. The molecule has 4 rings (SSSR count). The van der Waals surface area contributed by atoms with Crippen LogP contribution < -0.4 is 0 Å². The van der Waals surface area contributed by atoms with Gasteiger partial charge < -0.3 is 0 Å². The van der Waals surface area contributed by atoms with E-state index in [9.17, 15) is 4.39 Å². The molecule has 0 unspecified atom stereocenters. The zero-order chi connectivity index (χ0) is 28.7. The highest BCUT2D eigenvalue weighted by Crippen LogP contribution is 2.34. The maximum absolute atomic E-state index is 13.7. The molecule has 1 aliphatic carbocycles. The summed E-state index contributed by atoms with van der Waals surface area (Å²) in [7, 11) is 0. The lowest BCUT2D eigenvalue weighted by Crippen LogP contribution is -2.15. The van der Waals surface area contributed by atoms with Crippen molar-refractivity contribution in [1.82, 2.24) is 0 Å². The van der Waals surface area contributed by atoms with Gasteiger partial charge >= 0.3 is 0 Å². The molecule has 0 bridgehead atoms. The van der Waals surface area contributed by atoms with Crippen LogP contribution >= 0.6 is 11.6 Å². The first-order chi connectivity index (χ1) is 20.1. The van der Waals surface area contributed by atoms with Gasteiger partial charge in [0.2, 0.25) is 0 Å². The molecule has 0 nitrogen and oxygen atoms in total. The summed E-state index contributed by atoms with van der Waals surface area (Å²) < 4.78 is 13.7. The molecule has 0 spiro atoms. The van der Waals surface area contributed by atoms with E-state index in [0.29, 0.717) is 0 Å². The van der Waals surface area contributed by atoms with Crippen molar-refractivity contribution in [2.45, 2.75) is 122 Å². The molecular weight excluding hydrogens is 523 g/mol. The van der Waals surface area contributed by atoms with Gasteiger partial charge in [-0.2, -0.15) is 0 Å². The Balaban J connectivity index is 1.06. The number of rotatable bonds is 17. The second kappa shape index (κ2) is 17.7. The van der Waals surface area contributed by atoms with Crippen molar-refractivity contribution in [3.05, 3.63) is 105 Å². The Hall–Kier alpha value is -2.12. The van der Waals surface area contributed by atoms with Gasteiger partial charge in [-0.1, -0.05) is 137 Å². The van der Waals surface area contributed by atoms with Gasteiger partial charge in [-0.25, -0.2) is 4.39 Å². The maximum atomic E-state index is 13.7. The van der Waals surface area contributed by atoms with E-state index >= 15 is 0 Å². The minimum Gasteiger partial charge on any atom is -0.205 e. The summed E-state index contributed by atoms with van der Waals surface area (Å²) in [4.78, 5) is 0. The number of hydrogen-bond donors (Lipinski definition) is 0. The fourth-order valence-corrected chi connectivity index (χ4v) is 6.68. The van der Waals surface area contributed by atoms with Crippen LogP contribution in [0.1, 0.15) is 118 Å². The lowest BCUT2D eigenvalue weighted by Gasteiger charge is -2.28. The van der Waals surface area contributed by atoms with E-state index in [1.54, 1.807) is 12.1 Å². The van der Waals surface area contributed by atoms with E-state index in [-0.39, 0.29) is 10.8 Å². The van der Waals surface area contributed by atoms with E-state index in [0.717, 1.165) is 30.2 Å². The van der Waals surface area contributed by atoms with Gasteiger partial charge in [-0.05, 0) is 103 Å². The Morgan fingerprint density at radius 1 is 0.537 bits per heavy atom. The number of aryl methyl sites for hydroxylation is 5. The SMILES string of the molecule is CCCCCCCCCc1ccc(CC[C@H]2CC[C@H](CCc3ccc(CCc4ccc(Cl)c(F)c4)cc3)CC2)cc1. The topological polar surface area (TPSA) is 0 Å². The highest BCUT2D eigenvalue weighted by molar-refractivity contribution is 6.30. The van der Waals surface area contributed by atoms with Crippen LogP contribution in [-0.2, 0) is 32.1 Å². The molecule has 2 heteroatoms. The van der Waals surface area contributed by atoms with Gasteiger partial charge in [0.15, 0.2) is 0 Å². The van der Waals surface area contributed by atoms with Gasteiger partial charge in [0.25, 0.3) is 0 Å². The third-order valence-electron chi connectivity index (χ3n) is 9.45. The van der Waals surface area contributed by atoms with Crippen LogP contribution in [0.15, 0.2) is 66.7 Å². The summed E-state index contributed by atoms with van der Waals surface area (Å²) in [5.41, 5.74) is 6.81. The van der Waals surface area contributed by atoms with Crippen LogP contribution in [0.2, 0.25) is 5.02 Å². The molecule has 41 heavy (non-hydrogen) atoms. The molecule has 3 aromatic carbocycles. The van der Waals surface area contributed by atoms with Gasteiger partial charge in [0.1, 0.15) is 5.82 Å². The minimum absolute atomic E-state index is 0.196. The lowest BCUT2D eigenvalue weighted by atomic mass is 9.77. The minimum atomic E-state index is -0.326. The fourth-order valence-electron chi connectivity index (χ4n) is 6.57. The molecule has 0 atom stereocenters. The maximum Gasteiger partial charge on any atom is 0.142 e. The first-order valence-electron chi connectivity index (χ1n) is 16.7. The fraction of sp³-hybridized carbons (Fsp3) is 0.538. The van der Waals surface area contributed by atoms with Crippen molar-refractivity contribution in [1.29, 1.82) is 0 Å².